The lowest BCUT2D eigenvalue weighted by molar-refractivity contribution is 0.627. The van der Waals surface area contributed by atoms with Crippen molar-refractivity contribution in [3.63, 3.8) is 0 Å². The van der Waals surface area contributed by atoms with Gasteiger partial charge in [0.2, 0.25) is 0 Å². The van der Waals surface area contributed by atoms with Crippen LogP contribution in [0, 0.1) is 5.82 Å². The number of hydrogen-bond acceptors (Lipinski definition) is 3. The third-order valence-corrected chi connectivity index (χ3v) is 4.40. The summed E-state index contributed by atoms with van der Waals surface area (Å²) < 4.78 is 13.3. The smallest absolute Gasteiger partial charge is 0.125 e. The van der Waals surface area contributed by atoms with E-state index in [0.717, 1.165) is 25.2 Å². The van der Waals surface area contributed by atoms with Crippen molar-refractivity contribution in [3.8, 4) is 0 Å². The Morgan fingerprint density at radius 2 is 2.06 bits per heavy atom. The molecule has 1 aromatic carbocycles. The first kappa shape index (κ1) is 11.7. The Morgan fingerprint density at radius 3 is 2.83 bits per heavy atom. The predicted octanol–water partition coefficient (Wildman–Crippen LogP) is 2.91. The normalized spacial score (nSPS) is 14.0. The third-order valence-electron chi connectivity index (χ3n) is 3.30. The van der Waals surface area contributed by atoms with E-state index in [0.29, 0.717) is 6.54 Å². The van der Waals surface area contributed by atoms with Crippen molar-refractivity contribution in [2.24, 2.45) is 5.73 Å². The lowest BCUT2D eigenvalue weighted by atomic mass is 10.2. The fraction of sp³-hybridized carbons (Fsp3) is 0.286. The van der Waals surface area contributed by atoms with E-state index in [9.17, 15) is 4.39 Å². The van der Waals surface area contributed by atoms with Gasteiger partial charge in [0, 0.05) is 28.5 Å². The first-order valence-electron chi connectivity index (χ1n) is 6.07. The zero-order valence-corrected chi connectivity index (χ0v) is 10.8. The highest BCUT2D eigenvalue weighted by Gasteiger charge is 2.20. The summed E-state index contributed by atoms with van der Waals surface area (Å²) in [4.78, 5) is 4.72. The fourth-order valence-corrected chi connectivity index (χ4v) is 3.30. The van der Waals surface area contributed by atoms with Crippen LogP contribution in [-0.4, -0.2) is 6.54 Å². The molecule has 1 aromatic heterocycles. The van der Waals surface area contributed by atoms with Gasteiger partial charge in [-0.1, -0.05) is 6.07 Å². The van der Waals surface area contributed by atoms with Crippen LogP contribution in [0.5, 0.6) is 0 Å². The molecule has 2 N–H and O–H groups in total. The molecule has 1 aliphatic rings. The van der Waals surface area contributed by atoms with E-state index in [1.807, 2.05) is 6.07 Å². The highest BCUT2D eigenvalue weighted by molar-refractivity contribution is 7.12. The maximum Gasteiger partial charge on any atom is 0.125 e. The minimum absolute atomic E-state index is 0.158. The van der Waals surface area contributed by atoms with Gasteiger partial charge in [-0.15, -0.1) is 11.3 Å². The Hall–Kier alpha value is -1.39. The van der Waals surface area contributed by atoms with Gasteiger partial charge in [0.25, 0.3) is 0 Å². The van der Waals surface area contributed by atoms with Crippen LogP contribution in [0.1, 0.15) is 15.3 Å². The SMILES string of the molecule is NCc1ccc(CN2CCc3ccc(F)cc32)s1. The maximum atomic E-state index is 13.3. The van der Waals surface area contributed by atoms with Crippen LogP contribution in [0.3, 0.4) is 0 Å². The largest absolute Gasteiger partial charge is 0.366 e. The van der Waals surface area contributed by atoms with Gasteiger partial charge in [0.15, 0.2) is 0 Å². The molecule has 18 heavy (non-hydrogen) atoms. The quantitative estimate of drug-likeness (QED) is 0.921. The molecule has 2 aromatic rings. The molecule has 2 heterocycles. The molecule has 0 saturated heterocycles. The van der Waals surface area contributed by atoms with E-state index >= 15 is 0 Å². The molecule has 0 radical (unpaired) electrons. The van der Waals surface area contributed by atoms with Crippen LogP contribution in [0.4, 0.5) is 10.1 Å². The number of anilines is 1. The second-order valence-corrected chi connectivity index (χ2v) is 5.77. The highest BCUT2D eigenvalue weighted by atomic mass is 32.1. The van der Waals surface area contributed by atoms with E-state index < -0.39 is 0 Å². The minimum Gasteiger partial charge on any atom is -0.366 e. The summed E-state index contributed by atoms with van der Waals surface area (Å²) in [6.07, 6.45) is 1.00. The molecule has 2 nitrogen and oxygen atoms in total. The summed E-state index contributed by atoms with van der Waals surface area (Å²) in [5.74, 6) is -0.158. The van der Waals surface area contributed by atoms with E-state index in [1.54, 1.807) is 23.5 Å². The van der Waals surface area contributed by atoms with E-state index in [1.165, 1.54) is 15.3 Å². The summed E-state index contributed by atoms with van der Waals surface area (Å²) in [5.41, 5.74) is 7.90. The van der Waals surface area contributed by atoms with Crippen LogP contribution >= 0.6 is 11.3 Å². The van der Waals surface area contributed by atoms with Gasteiger partial charge in [-0.3, -0.25) is 0 Å². The number of nitrogens with two attached hydrogens (primary N) is 1. The van der Waals surface area contributed by atoms with Crippen LogP contribution < -0.4 is 10.6 Å². The van der Waals surface area contributed by atoms with Gasteiger partial charge >= 0.3 is 0 Å². The molecule has 0 fully saturated rings. The van der Waals surface area contributed by atoms with Gasteiger partial charge in [-0.2, -0.15) is 0 Å². The Bertz CT molecular complexity index is 565. The maximum absolute atomic E-state index is 13.3. The number of fused-ring (bicyclic) bond motifs is 1. The Labute approximate surface area is 110 Å². The van der Waals surface area contributed by atoms with Crippen LogP contribution in [0.15, 0.2) is 30.3 Å². The first-order chi connectivity index (χ1) is 8.76. The standard InChI is InChI=1S/C14H15FN2S/c15-11-2-1-10-5-6-17(14(10)7-11)9-13-4-3-12(8-16)18-13/h1-4,7H,5-6,8-9,16H2. The zero-order chi connectivity index (χ0) is 12.5. The zero-order valence-electron chi connectivity index (χ0n) is 10.0. The van der Waals surface area contributed by atoms with Gasteiger partial charge in [0.05, 0.1) is 6.54 Å². The number of nitrogens with zero attached hydrogens (tertiary/aromatic N) is 1. The van der Waals surface area contributed by atoms with Gasteiger partial charge < -0.3 is 10.6 Å². The summed E-state index contributed by atoms with van der Waals surface area (Å²) in [5, 5.41) is 0. The number of hydrogen-bond donors (Lipinski definition) is 1. The molecule has 0 bridgehead atoms. The molecular formula is C14H15FN2S. The van der Waals surface area contributed by atoms with Crippen LogP contribution in [0.25, 0.3) is 0 Å². The average Bonchev–Trinajstić information content (AvgIpc) is 2.97. The summed E-state index contributed by atoms with van der Waals surface area (Å²) in [7, 11) is 0. The molecule has 0 amide bonds. The van der Waals surface area contributed by atoms with Crippen LogP contribution in [-0.2, 0) is 19.5 Å². The molecule has 4 heteroatoms. The van der Waals surface area contributed by atoms with Gasteiger partial charge in [-0.05, 0) is 36.2 Å². The minimum atomic E-state index is -0.158. The average molecular weight is 262 g/mol. The second-order valence-electron chi connectivity index (χ2n) is 4.52. The molecule has 1 aliphatic heterocycles. The summed E-state index contributed by atoms with van der Waals surface area (Å²) in [6.45, 7) is 2.41. The van der Waals surface area contributed by atoms with Crippen molar-refractivity contribution in [2.45, 2.75) is 19.5 Å². The molecule has 0 atom stereocenters. The van der Waals surface area contributed by atoms with Crippen molar-refractivity contribution in [3.05, 3.63) is 51.5 Å². The fourth-order valence-electron chi connectivity index (χ4n) is 2.39. The molecule has 94 valence electrons. The van der Waals surface area contributed by atoms with Crippen molar-refractivity contribution in [1.82, 2.24) is 0 Å². The number of thiophene rings is 1. The number of benzene rings is 1. The van der Waals surface area contributed by atoms with Crippen molar-refractivity contribution in [2.75, 3.05) is 11.4 Å². The summed E-state index contributed by atoms with van der Waals surface area (Å²) in [6, 6.07) is 9.26. The molecule has 0 aliphatic carbocycles. The Balaban J connectivity index is 1.81. The molecule has 3 rings (SSSR count). The second kappa shape index (κ2) is 4.71. The number of rotatable bonds is 3. The molecular weight excluding hydrogens is 247 g/mol. The topological polar surface area (TPSA) is 29.3 Å². The van der Waals surface area contributed by atoms with E-state index in [-0.39, 0.29) is 5.82 Å². The van der Waals surface area contributed by atoms with Gasteiger partial charge in [-0.25, -0.2) is 4.39 Å². The summed E-state index contributed by atoms with van der Waals surface area (Å²) >= 11 is 1.74. The van der Waals surface area contributed by atoms with Crippen molar-refractivity contribution in [1.29, 1.82) is 0 Å². The van der Waals surface area contributed by atoms with E-state index in [2.05, 4.69) is 17.0 Å². The number of halogens is 1. The van der Waals surface area contributed by atoms with Crippen molar-refractivity contribution < 1.29 is 4.39 Å². The van der Waals surface area contributed by atoms with Crippen molar-refractivity contribution >= 4 is 17.0 Å². The Kier molecular flexibility index (Phi) is 3.06. The van der Waals surface area contributed by atoms with Gasteiger partial charge in [0.1, 0.15) is 5.82 Å². The molecule has 0 unspecified atom stereocenters. The first-order valence-corrected chi connectivity index (χ1v) is 6.89. The van der Waals surface area contributed by atoms with E-state index in [4.69, 9.17) is 5.73 Å². The predicted molar refractivity (Wildman–Crippen MR) is 73.4 cm³/mol. The molecule has 0 saturated carbocycles. The highest BCUT2D eigenvalue weighted by Crippen LogP contribution is 2.31. The Morgan fingerprint density at radius 1 is 1.22 bits per heavy atom. The lowest BCUT2D eigenvalue weighted by Crippen LogP contribution is -2.18. The molecule has 0 spiro atoms. The monoisotopic (exact) mass is 262 g/mol. The van der Waals surface area contributed by atoms with Crippen LogP contribution in [0.2, 0.25) is 0 Å². The lowest BCUT2D eigenvalue weighted by Gasteiger charge is -2.18. The third kappa shape index (κ3) is 2.13.